The summed E-state index contributed by atoms with van der Waals surface area (Å²) < 4.78 is 82.5. The van der Waals surface area contributed by atoms with Crippen LogP contribution in [0.3, 0.4) is 0 Å². The SMILES string of the molecule is [2H]c1c(C(C)(C)C)cc2c(c1[2H])B1c3c(cc(C)cc3N2c2c([2H])c(C(C)(C)C)c([2H])c(C(C)(C)C)c2[2H])Oc2c([2H])c([2H])c(C(C)(C)C)c([2H])c21. The predicted molar refractivity (Wildman–Crippen MR) is 192 cm³/mol. The first-order valence-electron chi connectivity index (χ1n) is 19.7. The summed E-state index contributed by atoms with van der Waals surface area (Å²) in [5, 5.41) is 0. The van der Waals surface area contributed by atoms with Gasteiger partial charge < -0.3 is 9.64 Å². The van der Waals surface area contributed by atoms with Crippen LogP contribution in [0.1, 0.15) is 122 Å². The maximum atomic E-state index is 9.82. The summed E-state index contributed by atoms with van der Waals surface area (Å²) in [5.74, 6) is 0.514. The van der Waals surface area contributed by atoms with Crippen molar-refractivity contribution in [3.8, 4) is 11.5 Å². The van der Waals surface area contributed by atoms with Crippen molar-refractivity contribution in [3.05, 3.63) is 94.4 Å². The molecule has 4 aromatic rings. The summed E-state index contributed by atoms with van der Waals surface area (Å²) >= 11 is 0. The van der Waals surface area contributed by atoms with Crippen LogP contribution in [0.2, 0.25) is 0 Å². The summed E-state index contributed by atoms with van der Waals surface area (Å²) in [7, 11) is 0. The first-order valence-corrected chi connectivity index (χ1v) is 15.7. The molecule has 4 aromatic carbocycles. The zero-order valence-corrected chi connectivity index (χ0v) is 28.7. The molecule has 3 heteroatoms. The van der Waals surface area contributed by atoms with E-state index in [0.29, 0.717) is 55.8 Å². The van der Waals surface area contributed by atoms with Gasteiger partial charge in [-0.15, -0.1) is 0 Å². The van der Waals surface area contributed by atoms with E-state index in [-0.39, 0.29) is 59.8 Å². The standard InChI is InChI=1S/C41H50BNO/c1-25-18-34-37-36(19-25)44-35-17-15-26(38(2,3)4)23-32(35)42(37)31-16-14-27(39(5,6)7)24-33(31)43(34)30-21-28(40(8,9)10)20-29(22-30)41(11,12)13/h14-24H,1-13H3/i14D,15D,16D,17D,20D,21D,22D,23D. The fraction of sp³-hybridized carbons (Fsp3) is 0.415. The first kappa shape index (κ1) is 22.1. The molecule has 0 aliphatic carbocycles. The smallest absolute Gasteiger partial charge is 0.256 e. The fourth-order valence-electron chi connectivity index (χ4n) is 5.86. The summed E-state index contributed by atoms with van der Waals surface area (Å²) in [6.07, 6.45) is 0. The zero-order valence-electron chi connectivity index (χ0n) is 36.7. The maximum absolute atomic E-state index is 9.82. The van der Waals surface area contributed by atoms with Gasteiger partial charge in [0.05, 0.1) is 11.0 Å². The average molecular weight is 592 g/mol. The molecule has 0 saturated carbocycles. The maximum Gasteiger partial charge on any atom is 0.256 e. The van der Waals surface area contributed by atoms with Crippen molar-refractivity contribution in [2.75, 3.05) is 4.90 Å². The van der Waals surface area contributed by atoms with Gasteiger partial charge in [0.1, 0.15) is 11.5 Å². The summed E-state index contributed by atoms with van der Waals surface area (Å²) in [5.41, 5.74) is 3.30. The molecule has 0 unspecified atom stereocenters. The molecule has 6 rings (SSSR count). The van der Waals surface area contributed by atoms with E-state index in [2.05, 4.69) is 0 Å². The number of benzene rings is 4. The highest BCUT2D eigenvalue weighted by molar-refractivity contribution is 6.99. The lowest BCUT2D eigenvalue weighted by atomic mass is 9.34. The molecule has 228 valence electrons. The molecule has 44 heavy (non-hydrogen) atoms. The summed E-state index contributed by atoms with van der Waals surface area (Å²) in [4.78, 5) is 1.88. The van der Waals surface area contributed by atoms with Gasteiger partial charge in [0.15, 0.2) is 0 Å². The van der Waals surface area contributed by atoms with E-state index in [1.807, 2.05) is 113 Å². The van der Waals surface area contributed by atoms with Gasteiger partial charge >= 0.3 is 0 Å². The molecule has 0 N–H and O–H groups in total. The Morgan fingerprint density at radius 1 is 0.568 bits per heavy atom. The molecule has 0 fully saturated rings. The molecule has 2 nitrogen and oxygen atoms in total. The Bertz CT molecular complexity index is 2180. The van der Waals surface area contributed by atoms with Crippen LogP contribution in [0.25, 0.3) is 0 Å². The van der Waals surface area contributed by atoms with Crippen LogP contribution in [0.15, 0.2) is 66.5 Å². The Balaban J connectivity index is 1.90. The van der Waals surface area contributed by atoms with Crippen molar-refractivity contribution in [1.82, 2.24) is 0 Å². The van der Waals surface area contributed by atoms with Gasteiger partial charge in [-0.2, -0.15) is 0 Å². The number of fused-ring (bicyclic) bond motifs is 4. The average Bonchev–Trinajstić information content (AvgIpc) is 2.95. The molecule has 2 aliphatic heterocycles. The molecule has 0 amide bonds. The van der Waals surface area contributed by atoms with E-state index in [4.69, 9.17) is 6.11 Å². The van der Waals surface area contributed by atoms with Crippen molar-refractivity contribution in [2.45, 2.75) is 112 Å². The number of aryl methyl sites for hydroxylation is 1. The minimum absolute atomic E-state index is 0.0390. The third kappa shape index (κ3) is 5.17. The first-order chi connectivity index (χ1) is 23.6. The van der Waals surface area contributed by atoms with Crippen LogP contribution in [-0.4, -0.2) is 6.71 Å². The highest BCUT2D eigenvalue weighted by Gasteiger charge is 2.43. The van der Waals surface area contributed by atoms with Crippen molar-refractivity contribution < 1.29 is 15.7 Å². The van der Waals surface area contributed by atoms with Gasteiger partial charge in [-0.25, -0.2) is 0 Å². The molecule has 0 atom stereocenters. The van der Waals surface area contributed by atoms with E-state index >= 15 is 0 Å². The second-order valence-electron chi connectivity index (χ2n) is 16.6. The number of hydrogen-bond acceptors (Lipinski definition) is 2. The highest BCUT2D eigenvalue weighted by atomic mass is 16.5. The van der Waals surface area contributed by atoms with Gasteiger partial charge in [-0.1, -0.05) is 113 Å². The molecule has 0 aromatic heterocycles. The normalized spacial score (nSPS) is 17.1. The number of hydrogen-bond donors (Lipinski definition) is 0. The summed E-state index contributed by atoms with van der Waals surface area (Å²) in [6.45, 7) is 24.7. The van der Waals surface area contributed by atoms with Gasteiger partial charge in [0.25, 0.3) is 6.71 Å². The molecule has 0 radical (unpaired) electrons. The topological polar surface area (TPSA) is 12.5 Å². The van der Waals surface area contributed by atoms with Gasteiger partial charge in [0.2, 0.25) is 0 Å². The third-order valence-electron chi connectivity index (χ3n) is 8.54. The number of ether oxygens (including phenoxy) is 1. The molecule has 0 spiro atoms. The lowest BCUT2D eigenvalue weighted by molar-refractivity contribution is 0.486. The van der Waals surface area contributed by atoms with Crippen LogP contribution in [-0.2, 0) is 21.7 Å². The Labute approximate surface area is 278 Å². The second-order valence-corrected chi connectivity index (χ2v) is 16.6. The van der Waals surface area contributed by atoms with Crippen molar-refractivity contribution >= 4 is 40.2 Å². The molecule has 0 bridgehead atoms. The minimum atomic E-state index is -0.799. The Hall–Kier alpha value is -3.46. The second kappa shape index (κ2) is 9.77. The van der Waals surface area contributed by atoms with Crippen molar-refractivity contribution in [1.29, 1.82) is 0 Å². The Morgan fingerprint density at radius 2 is 1.14 bits per heavy atom. The molecule has 0 saturated heterocycles. The zero-order chi connectivity index (χ0) is 39.1. The van der Waals surface area contributed by atoms with Crippen molar-refractivity contribution in [2.24, 2.45) is 0 Å². The van der Waals surface area contributed by atoms with E-state index < -0.39 is 28.4 Å². The number of rotatable bonds is 1. The van der Waals surface area contributed by atoms with Crippen LogP contribution in [0.5, 0.6) is 11.5 Å². The third-order valence-corrected chi connectivity index (χ3v) is 8.54. The van der Waals surface area contributed by atoms with E-state index in [0.717, 1.165) is 5.56 Å². The molecular weight excluding hydrogens is 533 g/mol. The predicted octanol–water partition coefficient (Wildman–Crippen LogP) is 9.59. The monoisotopic (exact) mass is 591 g/mol. The molecular formula is C41H50BNO. The Morgan fingerprint density at radius 3 is 1.70 bits per heavy atom. The van der Waals surface area contributed by atoms with Gasteiger partial charge in [0, 0.05) is 17.1 Å². The van der Waals surface area contributed by atoms with E-state index in [1.54, 1.807) is 0 Å². The van der Waals surface area contributed by atoms with Crippen molar-refractivity contribution in [3.63, 3.8) is 0 Å². The highest BCUT2D eigenvalue weighted by Crippen LogP contribution is 2.45. The van der Waals surface area contributed by atoms with E-state index in [9.17, 15) is 9.60 Å². The van der Waals surface area contributed by atoms with Crippen LogP contribution < -0.4 is 26.0 Å². The van der Waals surface area contributed by atoms with Crippen LogP contribution in [0.4, 0.5) is 17.1 Å². The van der Waals surface area contributed by atoms with E-state index in [1.165, 1.54) is 0 Å². The number of nitrogens with zero attached hydrogens (tertiary/aromatic N) is 1. The minimum Gasteiger partial charge on any atom is -0.458 e. The fourth-order valence-corrected chi connectivity index (χ4v) is 5.86. The van der Waals surface area contributed by atoms with Crippen LogP contribution >= 0.6 is 0 Å². The largest absolute Gasteiger partial charge is 0.458 e. The van der Waals surface area contributed by atoms with Crippen LogP contribution in [0, 0.1) is 6.92 Å². The number of anilines is 3. The Kier molecular flexibility index (Phi) is 4.91. The van der Waals surface area contributed by atoms with Gasteiger partial charge in [-0.05, 0) is 109 Å². The molecule has 2 aliphatic rings. The molecule has 2 heterocycles. The van der Waals surface area contributed by atoms with Gasteiger partial charge in [-0.3, -0.25) is 0 Å². The summed E-state index contributed by atoms with van der Waals surface area (Å²) in [6, 6.07) is 5.90. The lowest BCUT2D eigenvalue weighted by Crippen LogP contribution is -2.59. The lowest BCUT2D eigenvalue weighted by Gasteiger charge is -2.42. The quantitative estimate of drug-likeness (QED) is 0.177.